The Labute approximate surface area is 115 Å². The largest absolute Gasteiger partial charge is 0.382 e. The van der Waals surface area contributed by atoms with Gasteiger partial charge in [0.2, 0.25) is 5.91 Å². The SMILES string of the molecule is COCCOCC(=O)N(CC1CCCCN1)C1CC1. The summed E-state index contributed by atoms with van der Waals surface area (Å²) in [5.41, 5.74) is 0. The van der Waals surface area contributed by atoms with Crippen LogP contribution in [0.1, 0.15) is 32.1 Å². The first-order valence-corrected chi connectivity index (χ1v) is 7.41. The predicted octanol–water partition coefficient (Wildman–Crippen LogP) is 0.783. The highest BCUT2D eigenvalue weighted by atomic mass is 16.5. The number of nitrogens with zero attached hydrogens (tertiary/aromatic N) is 1. The molecule has 1 N–H and O–H groups in total. The second kappa shape index (κ2) is 7.82. The highest BCUT2D eigenvalue weighted by molar-refractivity contribution is 5.78. The fourth-order valence-corrected chi connectivity index (χ4v) is 2.54. The van der Waals surface area contributed by atoms with Gasteiger partial charge in [0.1, 0.15) is 6.61 Å². The molecule has 1 heterocycles. The summed E-state index contributed by atoms with van der Waals surface area (Å²) in [7, 11) is 1.64. The minimum absolute atomic E-state index is 0.131. The molecule has 110 valence electrons. The fraction of sp³-hybridized carbons (Fsp3) is 0.929. The van der Waals surface area contributed by atoms with Crippen LogP contribution in [0.25, 0.3) is 0 Å². The van der Waals surface area contributed by atoms with Gasteiger partial charge in [0, 0.05) is 25.7 Å². The molecule has 1 aliphatic carbocycles. The van der Waals surface area contributed by atoms with Gasteiger partial charge in [0.15, 0.2) is 0 Å². The van der Waals surface area contributed by atoms with Crippen LogP contribution in [0, 0.1) is 0 Å². The predicted molar refractivity (Wildman–Crippen MR) is 73.1 cm³/mol. The summed E-state index contributed by atoms with van der Waals surface area (Å²) in [5, 5.41) is 3.51. The molecule has 1 amide bonds. The van der Waals surface area contributed by atoms with E-state index in [9.17, 15) is 4.79 Å². The minimum atomic E-state index is 0.131. The molecular weight excluding hydrogens is 244 g/mol. The van der Waals surface area contributed by atoms with E-state index in [1.807, 2.05) is 4.90 Å². The van der Waals surface area contributed by atoms with Crippen molar-refractivity contribution < 1.29 is 14.3 Å². The number of hydrogen-bond donors (Lipinski definition) is 1. The number of carbonyl (C=O) groups excluding carboxylic acids is 1. The van der Waals surface area contributed by atoms with Crippen molar-refractivity contribution in [2.75, 3.05) is 40.0 Å². The van der Waals surface area contributed by atoms with Gasteiger partial charge in [-0.3, -0.25) is 4.79 Å². The molecule has 1 unspecified atom stereocenters. The van der Waals surface area contributed by atoms with Gasteiger partial charge in [0.25, 0.3) is 0 Å². The number of methoxy groups -OCH3 is 1. The second-order valence-electron chi connectivity index (χ2n) is 5.47. The molecule has 2 fully saturated rings. The highest BCUT2D eigenvalue weighted by Crippen LogP contribution is 2.27. The number of carbonyl (C=O) groups is 1. The molecule has 1 saturated carbocycles. The van der Waals surface area contributed by atoms with E-state index in [0.717, 1.165) is 25.9 Å². The van der Waals surface area contributed by atoms with Gasteiger partial charge in [-0.05, 0) is 32.2 Å². The van der Waals surface area contributed by atoms with Crippen molar-refractivity contribution in [2.45, 2.75) is 44.2 Å². The van der Waals surface area contributed by atoms with Gasteiger partial charge in [-0.15, -0.1) is 0 Å². The average Bonchev–Trinajstić information content (AvgIpc) is 3.26. The second-order valence-corrected chi connectivity index (χ2v) is 5.47. The molecule has 5 heteroatoms. The third-order valence-electron chi connectivity index (χ3n) is 3.79. The maximum Gasteiger partial charge on any atom is 0.248 e. The maximum absolute atomic E-state index is 12.2. The lowest BCUT2D eigenvalue weighted by molar-refractivity contribution is -0.137. The Morgan fingerprint density at radius 2 is 2.11 bits per heavy atom. The van der Waals surface area contributed by atoms with Crippen LogP contribution in [0.15, 0.2) is 0 Å². The Morgan fingerprint density at radius 1 is 1.26 bits per heavy atom. The van der Waals surface area contributed by atoms with Gasteiger partial charge in [-0.25, -0.2) is 0 Å². The summed E-state index contributed by atoms with van der Waals surface area (Å²) < 4.78 is 10.3. The molecule has 1 atom stereocenters. The first-order chi connectivity index (χ1) is 9.31. The fourth-order valence-electron chi connectivity index (χ4n) is 2.54. The number of amides is 1. The van der Waals surface area contributed by atoms with Gasteiger partial charge in [-0.2, -0.15) is 0 Å². The lowest BCUT2D eigenvalue weighted by Gasteiger charge is -2.30. The summed E-state index contributed by atoms with van der Waals surface area (Å²) in [5.74, 6) is 0.131. The van der Waals surface area contributed by atoms with Crippen LogP contribution in [-0.2, 0) is 14.3 Å². The van der Waals surface area contributed by atoms with E-state index in [-0.39, 0.29) is 12.5 Å². The van der Waals surface area contributed by atoms with E-state index >= 15 is 0 Å². The number of nitrogens with one attached hydrogen (secondary N) is 1. The molecule has 1 saturated heterocycles. The quantitative estimate of drug-likeness (QED) is 0.662. The monoisotopic (exact) mass is 270 g/mol. The molecule has 1 aliphatic heterocycles. The lowest BCUT2D eigenvalue weighted by Crippen LogP contribution is -2.47. The molecule has 0 spiro atoms. The molecule has 5 nitrogen and oxygen atoms in total. The summed E-state index contributed by atoms with van der Waals surface area (Å²) in [6.07, 6.45) is 6.01. The van der Waals surface area contributed by atoms with E-state index in [2.05, 4.69) is 5.32 Å². The van der Waals surface area contributed by atoms with Gasteiger partial charge >= 0.3 is 0 Å². The van der Waals surface area contributed by atoms with Crippen LogP contribution in [0.2, 0.25) is 0 Å². The summed E-state index contributed by atoms with van der Waals surface area (Å²) in [6.45, 7) is 3.15. The summed E-state index contributed by atoms with van der Waals surface area (Å²) in [4.78, 5) is 14.2. The van der Waals surface area contributed by atoms with Gasteiger partial charge < -0.3 is 19.7 Å². The van der Waals surface area contributed by atoms with Crippen LogP contribution in [-0.4, -0.2) is 62.9 Å². The Balaban J connectivity index is 1.73. The molecular formula is C14H26N2O3. The molecule has 19 heavy (non-hydrogen) atoms. The van der Waals surface area contributed by atoms with Crippen LogP contribution in [0.4, 0.5) is 0 Å². The third-order valence-corrected chi connectivity index (χ3v) is 3.79. The topological polar surface area (TPSA) is 50.8 Å². The number of rotatable bonds is 8. The molecule has 0 aromatic carbocycles. The maximum atomic E-state index is 12.2. The standard InChI is InChI=1S/C14H26N2O3/c1-18-8-9-19-11-14(17)16(13-5-6-13)10-12-4-2-3-7-15-12/h12-13,15H,2-11H2,1H3. The van der Waals surface area contributed by atoms with Crippen molar-refractivity contribution in [3.8, 4) is 0 Å². The number of hydrogen-bond acceptors (Lipinski definition) is 4. The van der Waals surface area contributed by atoms with Crippen molar-refractivity contribution in [1.29, 1.82) is 0 Å². The molecule has 0 aromatic heterocycles. The average molecular weight is 270 g/mol. The zero-order valence-electron chi connectivity index (χ0n) is 11.9. The normalized spacial score (nSPS) is 23.3. The molecule has 0 radical (unpaired) electrons. The van der Waals surface area contributed by atoms with Crippen molar-refractivity contribution in [3.05, 3.63) is 0 Å². The van der Waals surface area contributed by atoms with E-state index < -0.39 is 0 Å². The molecule has 0 aromatic rings. The minimum Gasteiger partial charge on any atom is -0.382 e. The van der Waals surface area contributed by atoms with Gasteiger partial charge in [-0.1, -0.05) is 6.42 Å². The van der Waals surface area contributed by atoms with Crippen LogP contribution in [0.5, 0.6) is 0 Å². The first-order valence-electron chi connectivity index (χ1n) is 7.41. The lowest BCUT2D eigenvalue weighted by atomic mass is 10.0. The van der Waals surface area contributed by atoms with E-state index in [4.69, 9.17) is 9.47 Å². The van der Waals surface area contributed by atoms with E-state index in [0.29, 0.717) is 25.3 Å². The van der Waals surface area contributed by atoms with Crippen molar-refractivity contribution in [2.24, 2.45) is 0 Å². The van der Waals surface area contributed by atoms with Crippen molar-refractivity contribution in [1.82, 2.24) is 10.2 Å². The van der Waals surface area contributed by atoms with E-state index in [1.54, 1.807) is 7.11 Å². The zero-order chi connectivity index (χ0) is 13.5. The molecule has 2 rings (SSSR count). The van der Waals surface area contributed by atoms with E-state index in [1.165, 1.54) is 19.3 Å². The van der Waals surface area contributed by atoms with Crippen molar-refractivity contribution >= 4 is 5.91 Å². The Kier molecular flexibility index (Phi) is 6.07. The summed E-state index contributed by atoms with van der Waals surface area (Å²) in [6, 6.07) is 0.930. The van der Waals surface area contributed by atoms with Crippen molar-refractivity contribution in [3.63, 3.8) is 0 Å². The first kappa shape index (κ1) is 14.8. The number of piperidine rings is 1. The summed E-state index contributed by atoms with van der Waals surface area (Å²) >= 11 is 0. The Morgan fingerprint density at radius 3 is 2.74 bits per heavy atom. The molecule has 0 bridgehead atoms. The zero-order valence-corrected chi connectivity index (χ0v) is 11.9. The molecule has 2 aliphatic rings. The van der Waals surface area contributed by atoms with Crippen LogP contribution < -0.4 is 5.32 Å². The Hall–Kier alpha value is -0.650. The third kappa shape index (κ3) is 5.09. The van der Waals surface area contributed by atoms with Gasteiger partial charge in [0.05, 0.1) is 13.2 Å². The smallest absolute Gasteiger partial charge is 0.248 e. The Bertz CT molecular complexity index is 276. The van der Waals surface area contributed by atoms with Crippen LogP contribution >= 0.6 is 0 Å². The highest BCUT2D eigenvalue weighted by Gasteiger charge is 2.34. The van der Waals surface area contributed by atoms with Crippen LogP contribution in [0.3, 0.4) is 0 Å². The number of ether oxygens (including phenoxy) is 2.